The van der Waals surface area contributed by atoms with Crippen molar-refractivity contribution in [3.63, 3.8) is 0 Å². The molecule has 1 fully saturated rings. The van der Waals surface area contributed by atoms with Crippen LogP contribution >= 0.6 is 0 Å². The summed E-state index contributed by atoms with van der Waals surface area (Å²) in [4.78, 5) is 17.7. The molecule has 0 spiro atoms. The molecule has 1 aliphatic rings. The number of rotatable bonds is 4. The number of amidine groups is 1. The zero-order valence-corrected chi connectivity index (χ0v) is 9.29. The first-order valence-corrected chi connectivity index (χ1v) is 5.00. The summed E-state index contributed by atoms with van der Waals surface area (Å²) < 4.78 is 38.8. The van der Waals surface area contributed by atoms with E-state index in [-0.39, 0.29) is 18.7 Å². The second kappa shape index (κ2) is 4.46. The minimum absolute atomic E-state index is 0.0804. The topological polar surface area (TPSA) is 62.0 Å². The van der Waals surface area contributed by atoms with Crippen molar-refractivity contribution in [2.75, 3.05) is 7.05 Å². The van der Waals surface area contributed by atoms with E-state index in [0.717, 1.165) is 0 Å². The maximum atomic E-state index is 12.9. The zero-order valence-electron chi connectivity index (χ0n) is 9.29. The van der Waals surface area contributed by atoms with E-state index in [1.54, 1.807) is 0 Å². The van der Waals surface area contributed by atoms with Gasteiger partial charge in [0.2, 0.25) is 0 Å². The van der Waals surface area contributed by atoms with E-state index in [1.807, 2.05) is 0 Å². The van der Waals surface area contributed by atoms with Crippen LogP contribution in [0, 0.1) is 11.3 Å². The first-order valence-electron chi connectivity index (χ1n) is 5.00. The van der Waals surface area contributed by atoms with Crippen LogP contribution in [-0.4, -0.2) is 36.9 Å². The Morgan fingerprint density at radius 1 is 1.53 bits per heavy atom. The number of carboxylic acids is 1. The molecular weight excluding hydrogens is 237 g/mol. The lowest BCUT2D eigenvalue weighted by molar-refractivity contribution is -0.197. The number of halogens is 3. The summed E-state index contributed by atoms with van der Waals surface area (Å²) in [5, 5.41) is 8.70. The predicted molar refractivity (Wildman–Crippen MR) is 56.4 cm³/mol. The Labute approximate surface area is 96.3 Å². The van der Waals surface area contributed by atoms with Gasteiger partial charge in [0, 0.05) is 13.0 Å². The number of aliphatic imine (C=N–C) groups is 2. The van der Waals surface area contributed by atoms with Crippen LogP contribution in [0.2, 0.25) is 0 Å². The number of aliphatic carboxylic acids is 1. The Balaban J connectivity index is 3.07. The van der Waals surface area contributed by atoms with Gasteiger partial charge in [-0.3, -0.25) is 9.79 Å². The molecule has 1 unspecified atom stereocenters. The highest BCUT2D eigenvalue weighted by Gasteiger charge is 2.68. The predicted octanol–water partition coefficient (Wildman–Crippen LogP) is 2.15. The van der Waals surface area contributed by atoms with E-state index < -0.39 is 29.9 Å². The molecule has 0 amide bonds. The van der Waals surface area contributed by atoms with E-state index in [9.17, 15) is 18.0 Å². The largest absolute Gasteiger partial charge is 0.481 e. The average Bonchev–Trinajstić information content (AvgIpc) is 2.96. The number of nitrogens with zero attached hydrogens (tertiary/aromatic N) is 2. The monoisotopic (exact) mass is 250 g/mol. The summed E-state index contributed by atoms with van der Waals surface area (Å²) in [6, 6.07) is 0. The third-order valence-electron chi connectivity index (χ3n) is 3.10. The quantitative estimate of drug-likeness (QED) is 0.613. The fraction of sp³-hybridized carbons (Fsp3) is 0.700. The molecule has 0 aliphatic heterocycles. The van der Waals surface area contributed by atoms with Gasteiger partial charge in [-0.15, -0.1) is 0 Å². The van der Waals surface area contributed by atoms with Crippen molar-refractivity contribution in [2.45, 2.75) is 25.4 Å². The summed E-state index contributed by atoms with van der Waals surface area (Å²) >= 11 is 0. The molecule has 0 aromatic carbocycles. The second-order valence-corrected chi connectivity index (χ2v) is 4.04. The molecule has 1 atom stereocenters. The maximum absolute atomic E-state index is 12.9. The van der Waals surface area contributed by atoms with Crippen molar-refractivity contribution < 1.29 is 23.1 Å². The molecule has 7 heteroatoms. The lowest BCUT2D eigenvalue weighted by Crippen LogP contribution is -2.37. The number of carbonyl (C=O) groups is 1. The zero-order chi connectivity index (χ0) is 13.3. The number of carboxylic acid groups (broad SMARTS) is 1. The Morgan fingerprint density at radius 2 is 2.06 bits per heavy atom. The lowest BCUT2D eigenvalue weighted by atomic mass is 9.84. The fourth-order valence-electron chi connectivity index (χ4n) is 2.01. The molecule has 4 nitrogen and oxygen atoms in total. The van der Waals surface area contributed by atoms with Gasteiger partial charge in [-0.05, 0) is 19.6 Å². The standard InChI is InChI=1S/C10H13F3N2O2/c1-14-8(15-2)6(5-7(16)17)9(3-4-9)10(11,12)13/h6H,1,3-5H2,2H3,(H,16,17). The smallest absolute Gasteiger partial charge is 0.395 e. The van der Waals surface area contributed by atoms with Crippen LogP contribution in [0.3, 0.4) is 0 Å². The van der Waals surface area contributed by atoms with Crippen molar-refractivity contribution in [2.24, 2.45) is 21.3 Å². The molecule has 1 rings (SSSR count). The molecule has 1 N–H and O–H groups in total. The minimum Gasteiger partial charge on any atom is -0.481 e. The van der Waals surface area contributed by atoms with Crippen molar-refractivity contribution in [1.82, 2.24) is 0 Å². The first-order chi connectivity index (χ1) is 7.78. The average molecular weight is 250 g/mol. The van der Waals surface area contributed by atoms with Gasteiger partial charge in [0.25, 0.3) is 0 Å². The third-order valence-corrected chi connectivity index (χ3v) is 3.10. The van der Waals surface area contributed by atoms with Crippen molar-refractivity contribution in [3.05, 3.63) is 0 Å². The van der Waals surface area contributed by atoms with Crippen LogP contribution < -0.4 is 0 Å². The van der Waals surface area contributed by atoms with Gasteiger partial charge in [-0.2, -0.15) is 13.2 Å². The SMILES string of the molecule is C=NC(=NC)C(CC(=O)O)C1(C(F)(F)F)CC1. The van der Waals surface area contributed by atoms with Crippen molar-refractivity contribution >= 4 is 18.5 Å². The van der Waals surface area contributed by atoms with Gasteiger partial charge in [0.1, 0.15) is 5.84 Å². The fourth-order valence-corrected chi connectivity index (χ4v) is 2.01. The Bertz CT molecular complexity index is 359. The minimum atomic E-state index is -4.44. The molecule has 1 saturated carbocycles. The van der Waals surface area contributed by atoms with Crippen molar-refractivity contribution in [1.29, 1.82) is 0 Å². The highest BCUT2D eigenvalue weighted by molar-refractivity contribution is 5.91. The van der Waals surface area contributed by atoms with Gasteiger partial charge in [-0.25, -0.2) is 4.99 Å². The van der Waals surface area contributed by atoms with Gasteiger partial charge in [0.15, 0.2) is 0 Å². The Kier molecular flexibility index (Phi) is 3.59. The summed E-state index contributed by atoms with van der Waals surface area (Å²) in [7, 11) is 1.28. The highest BCUT2D eigenvalue weighted by atomic mass is 19.4. The summed E-state index contributed by atoms with van der Waals surface area (Å²) in [6.45, 7) is 3.14. The highest BCUT2D eigenvalue weighted by Crippen LogP contribution is 2.63. The van der Waals surface area contributed by atoms with Crippen LogP contribution in [-0.2, 0) is 4.79 Å². The molecule has 17 heavy (non-hydrogen) atoms. The molecular formula is C10H13F3N2O2. The molecule has 1 aliphatic carbocycles. The van der Waals surface area contributed by atoms with Gasteiger partial charge >= 0.3 is 12.1 Å². The van der Waals surface area contributed by atoms with Crippen LogP contribution in [0.4, 0.5) is 13.2 Å². The van der Waals surface area contributed by atoms with E-state index >= 15 is 0 Å². The molecule has 96 valence electrons. The van der Waals surface area contributed by atoms with Crippen LogP contribution in [0.1, 0.15) is 19.3 Å². The van der Waals surface area contributed by atoms with E-state index in [1.165, 1.54) is 7.05 Å². The van der Waals surface area contributed by atoms with E-state index in [0.29, 0.717) is 0 Å². The lowest BCUT2D eigenvalue weighted by Gasteiger charge is -2.27. The van der Waals surface area contributed by atoms with Crippen LogP contribution in [0.25, 0.3) is 0 Å². The normalized spacial score (nSPS) is 20.8. The van der Waals surface area contributed by atoms with Crippen LogP contribution in [0.15, 0.2) is 9.98 Å². The number of alkyl halides is 3. The molecule has 0 aromatic rings. The number of hydrogen-bond donors (Lipinski definition) is 1. The number of hydrogen-bond acceptors (Lipinski definition) is 2. The molecule has 0 heterocycles. The third kappa shape index (κ3) is 2.48. The van der Waals surface area contributed by atoms with Gasteiger partial charge in [-0.1, -0.05) is 0 Å². The second-order valence-electron chi connectivity index (χ2n) is 4.04. The maximum Gasteiger partial charge on any atom is 0.395 e. The molecule has 0 radical (unpaired) electrons. The van der Waals surface area contributed by atoms with E-state index in [4.69, 9.17) is 5.11 Å². The van der Waals surface area contributed by atoms with Crippen molar-refractivity contribution in [3.8, 4) is 0 Å². The Morgan fingerprint density at radius 3 is 2.29 bits per heavy atom. The molecule has 0 saturated heterocycles. The summed E-state index contributed by atoms with van der Waals surface area (Å²) in [6.07, 6.45) is -5.23. The van der Waals surface area contributed by atoms with Crippen LogP contribution in [0.5, 0.6) is 0 Å². The molecule has 0 bridgehead atoms. The Hall–Kier alpha value is -1.40. The molecule has 0 aromatic heterocycles. The summed E-state index contributed by atoms with van der Waals surface area (Å²) in [5.41, 5.74) is -1.98. The van der Waals surface area contributed by atoms with Gasteiger partial charge < -0.3 is 5.11 Å². The summed E-state index contributed by atoms with van der Waals surface area (Å²) in [5.74, 6) is -2.68. The van der Waals surface area contributed by atoms with Gasteiger partial charge in [0.05, 0.1) is 11.8 Å². The van der Waals surface area contributed by atoms with E-state index in [2.05, 4.69) is 16.7 Å². The first kappa shape index (κ1) is 13.7.